The molecule has 0 aliphatic carbocycles. The Morgan fingerprint density at radius 3 is 2.56 bits per heavy atom. The van der Waals surface area contributed by atoms with Crippen LogP contribution in [0.2, 0.25) is 0 Å². The summed E-state index contributed by atoms with van der Waals surface area (Å²) in [7, 11) is 2.01. The second-order valence-electron chi connectivity index (χ2n) is 7.20. The monoisotopic (exact) mass is 361 g/mol. The van der Waals surface area contributed by atoms with Gasteiger partial charge in [0.2, 0.25) is 11.8 Å². The zero-order chi connectivity index (χ0) is 19.0. The van der Waals surface area contributed by atoms with E-state index in [1.165, 1.54) is 5.39 Å². The highest BCUT2D eigenvalue weighted by Crippen LogP contribution is 2.26. The number of aromatic nitrogens is 1. The van der Waals surface area contributed by atoms with Crippen molar-refractivity contribution in [2.45, 2.75) is 31.8 Å². The molecule has 1 aliphatic heterocycles. The second-order valence-corrected chi connectivity index (χ2v) is 7.20. The van der Waals surface area contributed by atoms with E-state index in [1.807, 2.05) is 43.4 Å². The highest BCUT2D eigenvalue weighted by atomic mass is 16.2. The number of fused-ring (bicyclic) bond motifs is 2. The van der Waals surface area contributed by atoms with Gasteiger partial charge in [0.05, 0.1) is 0 Å². The van der Waals surface area contributed by atoms with Crippen LogP contribution in [0, 0.1) is 0 Å². The number of nitrogens with two attached hydrogens (primary N) is 1. The van der Waals surface area contributed by atoms with Crippen molar-refractivity contribution < 1.29 is 9.59 Å². The number of carbonyl (C=O) groups is 2. The molecule has 0 spiro atoms. The summed E-state index contributed by atoms with van der Waals surface area (Å²) < 4.78 is 2.08. The zero-order valence-electron chi connectivity index (χ0n) is 15.4. The molecule has 0 radical (unpaired) electrons. The van der Waals surface area contributed by atoms with E-state index in [-0.39, 0.29) is 5.91 Å². The summed E-state index contributed by atoms with van der Waals surface area (Å²) in [6.07, 6.45) is 3.57. The van der Waals surface area contributed by atoms with Crippen LogP contribution in [0.15, 0.2) is 54.7 Å². The first kappa shape index (κ1) is 17.3. The Labute approximate surface area is 158 Å². The van der Waals surface area contributed by atoms with E-state index in [4.69, 9.17) is 5.73 Å². The molecule has 1 aromatic heterocycles. The number of nitrogens with zero attached hydrogens (tertiary/aromatic N) is 2. The van der Waals surface area contributed by atoms with Crippen LogP contribution in [-0.4, -0.2) is 27.3 Å². The Kier molecular flexibility index (Phi) is 4.44. The van der Waals surface area contributed by atoms with Crippen LogP contribution in [0.3, 0.4) is 0 Å². The molecule has 0 unspecified atom stereocenters. The van der Waals surface area contributed by atoms with Crippen molar-refractivity contribution >= 4 is 22.7 Å². The predicted molar refractivity (Wildman–Crippen MR) is 105 cm³/mol. The average molecular weight is 361 g/mol. The van der Waals surface area contributed by atoms with Crippen molar-refractivity contribution in [2.24, 2.45) is 12.8 Å². The van der Waals surface area contributed by atoms with Crippen molar-refractivity contribution in [3.63, 3.8) is 0 Å². The third-order valence-electron chi connectivity index (χ3n) is 5.49. The maximum Gasteiger partial charge on any atom is 0.240 e. The van der Waals surface area contributed by atoms with Crippen molar-refractivity contribution in [3.05, 3.63) is 71.4 Å². The minimum Gasteiger partial charge on any atom is -0.368 e. The molecule has 5 nitrogen and oxygen atoms in total. The summed E-state index contributed by atoms with van der Waals surface area (Å²) in [5.41, 5.74) is 10.1. The first-order valence-electron chi connectivity index (χ1n) is 9.23. The lowest BCUT2D eigenvalue weighted by Gasteiger charge is -2.35. The standard InChI is InChI=1S/C22H23N3O2/c1-24-13-17(18-8-4-5-9-19(18)24)10-11-21(26)25-14-16-7-3-2-6-15(16)12-20(25)22(23)27/h2-9,13,20H,10-12,14H2,1H3,(H2,23,27)/t20-/m0/s1. The first-order chi connectivity index (χ1) is 13.0. The summed E-state index contributed by atoms with van der Waals surface area (Å²) in [4.78, 5) is 26.6. The number of rotatable bonds is 4. The van der Waals surface area contributed by atoms with Crippen LogP contribution >= 0.6 is 0 Å². The number of primary amides is 1. The highest BCUT2D eigenvalue weighted by molar-refractivity contribution is 5.88. The fraction of sp³-hybridized carbons (Fsp3) is 0.273. The third-order valence-corrected chi connectivity index (χ3v) is 5.49. The minimum absolute atomic E-state index is 0.0266. The summed E-state index contributed by atoms with van der Waals surface area (Å²) in [5.74, 6) is -0.468. The van der Waals surface area contributed by atoms with Gasteiger partial charge in [0, 0.05) is 43.5 Å². The molecular weight excluding hydrogens is 338 g/mol. The Morgan fingerprint density at radius 2 is 1.78 bits per heavy atom. The normalized spacial score (nSPS) is 16.3. The van der Waals surface area contributed by atoms with E-state index >= 15 is 0 Å². The molecule has 1 atom stereocenters. The molecule has 5 heteroatoms. The maximum atomic E-state index is 13.0. The predicted octanol–water partition coefficient (Wildman–Crippen LogP) is 2.55. The lowest BCUT2D eigenvalue weighted by atomic mass is 9.93. The van der Waals surface area contributed by atoms with Crippen molar-refractivity contribution in [1.82, 2.24) is 9.47 Å². The van der Waals surface area contributed by atoms with Crippen molar-refractivity contribution in [1.29, 1.82) is 0 Å². The molecule has 2 amide bonds. The Balaban J connectivity index is 1.54. The maximum absolute atomic E-state index is 13.0. The van der Waals surface area contributed by atoms with Crippen LogP contribution in [-0.2, 0) is 36.0 Å². The summed E-state index contributed by atoms with van der Waals surface area (Å²) in [6.45, 7) is 0.443. The Morgan fingerprint density at radius 1 is 1.07 bits per heavy atom. The summed E-state index contributed by atoms with van der Waals surface area (Å²) in [6, 6.07) is 15.5. The van der Waals surface area contributed by atoms with E-state index in [9.17, 15) is 9.59 Å². The number of hydrogen-bond donors (Lipinski definition) is 1. The van der Waals surface area contributed by atoms with Gasteiger partial charge in [0.1, 0.15) is 6.04 Å². The van der Waals surface area contributed by atoms with Gasteiger partial charge in [0.25, 0.3) is 0 Å². The molecule has 0 fully saturated rings. The fourth-order valence-corrected chi connectivity index (χ4v) is 4.05. The average Bonchev–Trinajstić information content (AvgIpc) is 3.01. The zero-order valence-corrected chi connectivity index (χ0v) is 15.4. The number of aryl methyl sites for hydroxylation is 2. The Bertz CT molecular complexity index is 1020. The van der Waals surface area contributed by atoms with Gasteiger partial charge in [0.15, 0.2) is 0 Å². The topological polar surface area (TPSA) is 68.3 Å². The quantitative estimate of drug-likeness (QED) is 0.776. The summed E-state index contributed by atoms with van der Waals surface area (Å²) >= 11 is 0. The minimum atomic E-state index is -0.570. The molecular formula is C22H23N3O2. The molecule has 0 bridgehead atoms. The molecule has 2 N–H and O–H groups in total. The third kappa shape index (κ3) is 3.21. The molecule has 27 heavy (non-hydrogen) atoms. The number of benzene rings is 2. The van der Waals surface area contributed by atoms with Crippen LogP contribution in [0.1, 0.15) is 23.1 Å². The molecule has 4 rings (SSSR count). The highest BCUT2D eigenvalue weighted by Gasteiger charge is 2.32. The van der Waals surface area contributed by atoms with Gasteiger partial charge in [-0.05, 0) is 29.2 Å². The SMILES string of the molecule is Cn1cc(CCC(=O)N2Cc3ccccc3C[C@H]2C(N)=O)c2ccccc21. The molecule has 2 aromatic carbocycles. The van der Waals surface area contributed by atoms with Gasteiger partial charge in [-0.3, -0.25) is 9.59 Å². The van der Waals surface area contributed by atoms with Crippen LogP contribution in [0.5, 0.6) is 0 Å². The van der Waals surface area contributed by atoms with Gasteiger partial charge >= 0.3 is 0 Å². The number of hydrogen-bond acceptors (Lipinski definition) is 2. The second kappa shape index (κ2) is 6.91. The van der Waals surface area contributed by atoms with E-state index in [0.717, 1.165) is 22.2 Å². The van der Waals surface area contributed by atoms with Crippen LogP contribution in [0.4, 0.5) is 0 Å². The number of amides is 2. The number of para-hydroxylation sites is 1. The molecule has 3 aromatic rings. The van der Waals surface area contributed by atoms with Crippen LogP contribution in [0.25, 0.3) is 10.9 Å². The molecule has 1 aliphatic rings. The van der Waals surface area contributed by atoms with Crippen molar-refractivity contribution in [2.75, 3.05) is 0 Å². The number of carbonyl (C=O) groups excluding carboxylic acids is 2. The Hall–Kier alpha value is -3.08. The van der Waals surface area contributed by atoms with E-state index in [1.54, 1.807) is 4.90 Å². The van der Waals surface area contributed by atoms with Crippen molar-refractivity contribution in [3.8, 4) is 0 Å². The molecule has 2 heterocycles. The molecule has 0 saturated heterocycles. The first-order valence-corrected chi connectivity index (χ1v) is 9.23. The van der Waals surface area contributed by atoms with E-state index in [0.29, 0.717) is 25.8 Å². The smallest absolute Gasteiger partial charge is 0.240 e. The van der Waals surface area contributed by atoms with Crippen LogP contribution < -0.4 is 5.73 Å². The lowest BCUT2D eigenvalue weighted by molar-refractivity contribution is -0.140. The molecule has 0 saturated carbocycles. The van der Waals surface area contributed by atoms with Gasteiger partial charge in [-0.25, -0.2) is 0 Å². The molecule has 138 valence electrons. The fourth-order valence-electron chi connectivity index (χ4n) is 4.05. The summed E-state index contributed by atoms with van der Waals surface area (Å²) in [5, 5.41) is 1.17. The van der Waals surface area contributed by atoms with E-state index < -0.39 is 11.9 Å². The largest absolute Gasteiger partial charge is 0.368 e. The van der Waals surface area contributed by atoms with Gasteiger partial charge in [-0.2, -0.15) is 0 Å². The lowest BCUT2D eigenvalue weighted by Crippen LogP contribution is -2.51. The van der Waals surface area contributed by atoms with Gasteiger partial charge < -0.3 is 15.2 Å². The van der Waals surface area contributed by atoms with Gasteiger partial charge in [-0.15, -0.1) is 0 Å². The van der Waals surface area contributed by atoms with Gasteiger partial charge in [-0.1, -0.05) is 42.5 Å². The van der Waals surface area contributed by atoms with E-state index in [2.05, 4.69) is 22.9 Å².